The van der Waals surface area contributed by atoms with E-state index in [1.54, 1.807) is 31.2 Å². The van der Waals surface area contributed by atoms with Crippen molar-refractivity contribution in [3.05, 3.63) is 68.4 Å². The Labute approximate surface area is 129 Å². The molecule has 0 fully saturated rings. The molecule has 0 saturated carbocycles. The van der Waals surface area contributed by atoms with Crippen molar-refractivity contribution >= 4 is 27.5 Å². The van der Waals surface area contributed by atoms with Gasteiger partial charge in [0.15, 0.2) is 0 Å². The maximum atomic E-state index is 12.1. The zero-order valence-electron chi connectivity index (χ0n) is 11.1. The van der Waals surface area contributed by atoms with Crippen LogP contribution in [-0.4, -0.2) is 15.8 Å². The Morgan fingerprint density at radius 3 is 2.81 bits per heavy atom. The van der Waals surface area contributed by atoms with Crippen LogP contribution in [0.15, 0.2) is 47.1 Å². The van der Waals surface area contributed by atoms with Gasteiger partial charge in [-0.2, -0.15) is 0 Å². The van der Waals surface area contributed by atoms with Gasteiger partial charge in [0.1, 0.15) is 5.69 Å². The third-order valence-electron chi connectivity index (χ3n) is 2.90. The van der Waals surface area contributed by atoms with Crippen LogP contribution in [-0.2, 0) is 0 Å². The molecule has 6 nitrogen and oxygen atoms in total. The van der Waals surface area contributed by atoms with Gasteiger partial charge in [0.05, 0.1) is 11.0 Å². The highest BCUT2D eigenvalue weighted by Crippen LogP contribution is 2.20. The van der Waals surface area contributed by atoms with E-state index in [1.165, 1.54) is 18.3 Å². The van der Waals surface area contributed by atoms with Crippen LogP contribution in [0.25, 0.3) is 0 Å². The van der Waals surface area contributed by atoms with Crippen LogP contribution in [0.5, 0.6) is 0 Å². The average Bonchev–Trinajstić information content (AvgIpc) is 2.47. The highest BCUT2D eigenvalue weighted by Gasteiger charge is 2.16. The molecule has 0 aliphatic carbocycles. The van der Waals surface area contributed by atoms with Crippen molar-refractivity contribution in [1.29, 1.82) is 0 Å². The number of hydrogen-bond donors (Lipinski definition) is 1. The summed E-state index contributed by atoms with van der Waals surface area (Å²) in [5, 5.41) is 13.5. The Kier molecular flexibility index (Phi) is 4.64. The van der Waals surface area contributed by atoms with E-state index in [-0.39, 0.29) is 23.3 Å². The molecule has 0 spiro atoms. The van der Waals surface area contributed by atoms with Gasteiger partial charge in [0.25, 0.3) is 11.6 Å². The molecule has 1 heterocycles. The Morgan fingerprint density at radius 2 is 2.14 bits per heavy atom. The minimum Gasteiger partial charge on any atom is -0.344 e. The number of aromatic nitrogens is 1. The summed E-state index contributed by atoms with van der Waals surface area (Å²) in [6.07, 6.45) is 1.53. The second-order valence-electron chi connectivity index (χ2n) is 4.38. The summed E-state index contributed by atoms with van der Waals surface area (Å²) >= 11 is 3.26. The summed E-state index contributed by atoms with van der Waals surface area (Å²) in [4.78, 5) is 26.4. The van der Waals surface area contributed by atoms with Gasteiger partial charge in [-0.05, 0) is 40.5 Å². The molecule has 1 atom stereocenters. The number of amides is 1. The summed E-state index contributed by atoms with van der Waals surface area (Å²) in [5.41, 5.74) is 0.923. The number of benzene rings is 1. The quantitative estimate of drug-likeness (QED) is 0.678. The van der Waals surface area contributed by atoms with Gasteiger partial charge in [-0.15, -0.1) is 0 Å². The predicted molar refractivity (Wildman–Crippen MR) is 80.9 cm³/mol. The third-order valence-corrected chi connectivity index (χ3v) is 3.54. The molecule has 0 aliphatic rings. The van der Waals surface area contributed by atoms with Crippen LogP contribution < -0.4 is 5.32 Å². The number of halogens is 1. The van der Waals surface area contributed by atoms with Crippen LogP contribution in [0.1, 0.15) is 29.0 Å². The number of non-ortho nitro benzene ring substituents is 1. The molecule has 1 amide bonds. The van der Waals surface area contributed by atoms with E-state index in [4.69, 9.17) is 0 Å². The second-order valence-corrected chi connectivity index (χ2v) is 5.24. The molecule has 1 aromatic carbocycles. The molecular weight excluding hydrogens is 338 g/mol. The monoisotopic (exact) mass is 349 g/mol. The van der Waals surface area contributed by atoms with Crippen molar-refractivity contribution < 1.29 is 9.72 Å². The second kappa shape index (κ2) is 6.45. The standard InChI is InChI=1S/C14H12BrN3O3/c1-9(10-4-2-5-11(8-10)18(20)21)17-14(19)13-12(15)6-3-7-16-13/h2-9H,1H3,(H,17,19). The van der Waals surface area contributed by atoms with E-state index in [0.717, 1.165) is 0 Å². The van der Waals surface area contributed by atoms with Crippen molar-refractivity contribution in [2.24, 2.45) is 0 Å². The third kappa shape index (κ3) is 3.63. The Bertz CT molecular complexity index is 691. The first kappa shape index (κ1) is 15.1. The van der Waals surface area contributed by atoms with Crippen LogP contribution in [0.3, 0.4) is 0 Å². The van der Waals surface area contributed by atoms with Crippen molar-refractivity contribution in [2.75, 3.05) is 0 Å². The molecule has 0 saturated heterocycles. The minimum absolute atomic E-state index is 0.00684. The van der Waals surface area contributed by atoms with E-state index in [9.17, 15) is 14.9 Å². The highest BCUT2D eigenvalue weighted by molar-refractivity contribution is 9.10. The van der Waals surface area contributed by atoms with Crippen molar-refractivity contribution in [1.82, 2.24) is 10.3 Å². The van der Waals surface area contributed by atoms with Crippen LogP contribution >= 0.6 is 15.9 Å². The number of hydrogen-bond acceptors (Lipinski definition) is 4. The number of nitro groups is 1. The molecule has 1 N–H and O–H groups in total. The van der Waals surface area contributed by atoms with Gasteiger partial charge < -0.3 is 5.32 Å². The Hall–Kier alpha value is -2.28. The lowest BCUT2D eigenvalue weighted by Gasteiger charge is -2.14. The van der Waals surface area contributed by atoms with E-state index in [0.29, 0.717) is 10.0 Å². The van der Waals surface area contributed by atoms with Gasteiger partial charge in [-0.25, -0.2) is 4.98 Å². The summed E-state index contributed by atoms with van der Waals surface area (Å²) in [6, 6.07) is 9.24. The average molecular weight is 350 g/mol. The summed E-state index contributed by atoms with van der Waals surface area (Å²) < 4.78 is 0.591. The topological polar surface area (TPSA) is 85.1 Å². The minimum atomic E-state index is -0.465. The number of nitro benzene ring substituents is 1. The molecule has 7 heteroatoms. The first-order valence-corrected chi connectivity index (χ1v) is 6.94. The number of nitrogens with one attached hydrogen (secondary N) is 1. The van der Waals surface area contributed by atoms with Gasteiger partial charge >= 0.3 is 0 Å². The fourth-order valence-electron chi connectivity index (χ4n) is 1.81. The lowest BCUT2D eigenvalue weighted by Crippen LogP contribution is -2.27. The fraction of sp³-hybridized carbons (Fsp3) is 0.143. The first-order valence-electron chi connectivity index (χ1n) is 6.15. The lowest BCUT2D eigenvalue weighted by molar-refractivity contribution is -0.384. The molecule has 0 bridgehead atoms. The summed E-state index contributed by atoms with van der Waals surface area (Å²) in [5.74, 6) is -0.346. The van der Waals surface area contributed by atoms with Crippen molar-refractivity contribution in [2.45, 2.75) is 13.0 Å². The van der Waals surface area contributed by atoms with Gasteiger partial charge in [0, 0.05) is 22.8 Å². The Morgan fingerprint density at radius 1 is 1.38 bits per heavy atom. The highest BCUT2D eigenvalue weighted by atomic mass is 79.9. The Balaban J connectivity index is 2.16. The normalized spacial score (nSPS) is 11.7. The molecule has 1 unspecified atom stereocenters. The van der Waals surface area contributed by atoms with Crippen molar-refractivity contribution in [3.63, 3.8) is 0 Å². The molecule has 108 valence electrons. The van der Waals surface area contributed by atoms with E-state index in [2.05, 4.69) is 26.2 Å². The lowest BCUT2D eigenvalue weighted by atomic mass is 10.1. The number of carbonyl (C=O) groups is 1. The van der Waals surface area contributed by atoms with Gasteiger partial charge in [-0.1, -0.05) is 12.1 Å². The summed E-state index contributed by atoms with van der Waals surface area (Å²) in [7, 11) is 0. The predicted octanol–water partition coefficient (Wildman–Crippen LogP) is 3.24. The molecular formula is C14H12BrN3O3. The SMILES string of the molecule is CC(NC(=O)c1ncccc1Br)c1cccc([N+](=O)[O-])c1. The number of carbonyl (C=O) groups excluding carboxylic acids is 1. The number of pyridine rings is 1. The van der Waals surface area contributed by atoms with Crippen molar-refractivity contribution in [3.8, 4) is 0 Å². The maximum Gasteiger partial charge on any atom is 0.271 e. The smallest absolute Gasteiger partial charge is 0.271 e. The first-order chi connectivity index (χ1) is 9.99. The molecule has 2 aromatic rings. The number of rotatable bonds is 4. The van der Waals surface area contributed by atoms with Crippen LogP contribution in [0, 0.1) is 10.1 Å². The number of nitrogens with zero attached hydrogens (tertiary/aromatic N) is 2. The molecule has 0 radical (unpaired) electrons. The molecule has 2 rings (SSSR count). The van der Waals surface area contributed by atoms with E-state index < -0.39 is 4.92 Å². The molecule has 0 aliphatic heterocycles. The maximum absolute atomic E-state index is 12.1. The van der Waals surface area contributed by atoms with E-state index in [1.807, 2.05) is 0 Å². The van der Waals surface area contributed by atoms with Crippen LogP contribution in [0.2, 0.25) is 0 Å². The van der Waals surface area contributed by atoms with Crippen LogP contribution in [0.4, 0.5) is 5.69 Å². The fourth-order valence-corrected chi connectivity index (χ4v) is 2.24. The largest absolute Gasteiger partial charge is 0.344 e. The summed E-state index contributed by atoms with van der Waals surface area (Å²) in [6.45, 7) is 1.76. The van der Waals surface area contributed by atoms with Gasteiger partial charge in [0.2, 0.25) is 0 Å². The zero-order chi connectivity index (χ0) is 15.4. The zero-order valence-corrected chi connectivity index (χ0v) is 12.7. The molecule has 1 aromatic heterocycles. The molecule has 21 heavy (non-hydrogen) atoms. The van der Waals surface area contributed by atoms with E-state index >= 15 is 0 Å². The van der Waals surface area contributed by atoms with Gasteiger partial charge in [-0.3, -0.25) is 14.9 Å².